The molecule has 3 nitrogen and oxygen atoms in total. The predicted molar refractivity (Wildman–Crippen MR) is 90.8 cm³/mol. The monoisotopic (exact) mass is 327 g/mol. The molecule has 0 bridgehead atoms. The fourth-order valence-corrected chi connectivity index (χ4v) is 3.27. The average molecular weight is 327 g/mol. The first-order valence-electron chi connectivity index (χ1n) is 8.65. The molecule has 24 heavy (non-hydrogen) atoms. The van der Waals surface area contributed by atoms with Crippen molar-refractivity contribution in [3.8, 4) is 5.75 Å². The molecule has 1 aliphatic carbocycles. The molecule has 1 heterocycles. The van der Waals surface area contributed by atoms with E-state index in [2.05, 4.69) is 5.32 Å². The number of hydrogen-bond donors (Lipinski definition) is 1. The molecule has 2 aliphatic rings. The van der Waals surface area contributed by atoms with Gasteiger partial charge in [0, 0.05) is 18.7 Å². The highest BCUT2D eigenvalue weighted by Crippen LogP contribution is 2.46. The van der Waals surface area contributed by atoms with Crippen molar-refractivity contribution >= 4 is 0 Å². The van der Waals surface area contributed by atoms with E-state index in [0.717, 1.165) is 30.5 Å². The maximum absolute atomic E-state index is 14.5. The Morgan fingerprint density at radius 3 is 2.62 bits per heavy atom. The number of rotatable bonds is 5. The number of halogens is 1. The van der Waals surface area contributed by atoms with Crippen LogP contribution < -0.4 is 10.1 Å². The zero-order valence-corrected chi connectivity index (χ0v) is 13.6. The van der Waals surface area contributed by atoms with E-state index in [0.29, 0.717) is 24.8 Å². The molecule has 1 saturated heterocycles. The zero-order chi connectivity index (χ0) is 16.4. The lowest BCUT2D eigenvalue weighted by Crippen LogP contribution is -2.43. The molecule has 2 aromatic carbocycles. The summed E-state index contributed by atoms with van der Waals surface area (Å²) in [5.41, 5.74) is 2.00. The van der Waals surface area contributed by atoms with Crippen LogP contribution in [-0.2, 0) is 4.74 Å². The van der Waals surface area contributed by atoms with Crippen LogP contribution in [0.4, 0.5) is 4.39 Å². The quantitative estimate of drug-likeness (QED) is 0.906. The molecule has 1 saturated carbocycles. The highest BCUT2D eigenvalue weighted by molar-refractivity contribution is 5.40. The third-order valence-corrected chi connectivity index (χ3v) is 4.68. The van der Waals surface area contributed by atoms with E-state index in [4.69, 9.17) is 9.47 Å². The molecule has 0 radical (unpaired) electrons. The SMILES string of the molecule is Fc1cccc(C2CC2)c1O[C@@H](c1ccccc1)[C@@H]1CNCCO1. The molecule has 0 spiro atoms. The Labute approximate surface area is 141 Å². The Morgan fingerprint density at radius 2 is 1.92 bits per heavy atom. The van der Waals surface area contributed by atoms with E-state index in [1.54, 1.807) is 6.07 Å². The van der Waals surface area contributed by atoms with Crippen LogP contribution in [0.2, 0.25) is 0 Å². The molecule has 4 heteroatoms. The van der Waals surface area contributed by atoms with E-state index in [1.165, 1.54) is 6.07 Å². The first-order valence-corrected chi connectivity index (χ1v) is 8.65. The van der Waals surface area contributed by atoms with Gasteiger partial charge in [-0.05, 0) is 30.4 Å². The van der Waals surface area contributed by atoms with Gasteiger partial charge in [-0.1, -0.05) is 42.5 Å². The summed E-state index contributed by atoms with van der Waals surface area (Å²) in [4.78, 5) is 0. The van der Waals surface area contributed by atoms with Gasteiger partial charge < -0.3 is 14.8 Å². The molecule has 0 aromatic heterocycles. The van der Waals surface area contributed by atoms with Gasteiger partial charge in [0.05, 0.1) is 6.61 Å². The van der Waals surface area contributed by atoms with Crippen LogP contribution in [0, 0.1) is 5.82 Å². The molecule has 0 unspecified atom stereocenters. The molecule has 1 N–H and O–H groups in total. The van der Waals surface area contributed by atoms with Crippen molar-refractivity contribution in [2.75, 3.05) is 19.7 Å². The molecule has 4 rings (SSSR count). The Kier molecular flexibility index (Phi) is 4.50. The van der Waals surface area contributed by atoms with Crippen LogP contribution in [-0.4, -0.2) is 25.8 Å². The van der Waals surface area contributed by atoms with Gasteiger partial charge in [0.2, 0.25) is 0 Å². The van der Waals surface area contributed by atoms with Crippen LogP contribution >= 0.6 is 0 Å². The zero-order valence-electron chi connectivity index (χ0n) is 13.6. The summed E-state index contributed by atoms with van der Waals surface area (Å²) in [6, 6.07) is 15.2. The van der Waals surface area contributed by atoms with Crippen LogP contribution in [0.1, 0.15) is 36.0 Å². The summed E-state index contributed by atoms with van der Waals surface area (Å²) in [6.07, 6.45) is 1.76. The summed E-state index contributed by atoms with van der Waals surface area (Å²) in [7, 11) is 0. The average Bonchev–Trinajstić information content (AvgIpc) is 3.47. The van der Waals surface area contributed by atoms with Crippen LogP contribution in [0.3, 0.4) is 0 Å². The number of hydrogen-bond acceptors (Lipinski definition) is 3. The van der Waals surface area contributed by atoms with Gasteiger partial charge in [0.25, 0.3) is 0 Å². The second-order valence-electron chi connectivity index (χ2n) is 6.49. The molecule has 2 aromatic rings. The number of morpholine rings is 1. The Morgan fingerprint density at radius 1 is 1.08 bits per heavy atom. The Balaban J connectivity index is 1.67. The highest BCUT2D eigenvalue weighted by Gasteiger charge is 2.33. The normalized spacial score (nSPS) is 22.1. The third kappa shape index (κ3) is 3.30. The van der Waals surface area contributed by atoms with Crippen LogP contribution in [0.15, 0.2) is 48.5 Å². The standard InChI is InChI=1S/C20H22FNO2/c21-17-8-4-7-16(14-9-10-14)20(17)24-19(15-5-2-1-3-6-15)18-13-22-11-12-23-18/h1-8,14,18-19,22H,9-13H2/t18-,19-/m0/s1. The molecular formula is C20H22FNO2. The summed E-state index contributed by atoms with van der Waals surface area (Å²) in [6.45, 7) is 2.18. The van der Waals surface area contributed by atoms with E-state index in [-0.39, 0.29) is 18.0 Å². The van der Waals surface area contributed by atoms with Crippen molar-refractivity contribution < 1.29 is 13.9 Å². The van der Waals surface area contributed by atoms with Gasteiger partial charge in [-0.3, -0.25) is 0 Å². The fourth-order valence-electron chi connectivity index (χ4n) is 3.27. The second-order valence-corrected chi connectivity index (χ2v) is 6.49. The van der Waals surface area contributed by atoms with E-state index < -0.39 is 0 Å². The summed E-state index contributed by atoms with van der Waals surface area (Å²) >= 11 is 0. The van der Waals surface area contributed by atoms with Gasteiger partial charge >= 0.3 is 0 Å². The van der Waals surface area contributed by atoms with Gasteiger partial charge in [0.1, 0.15) is 6.10 Å². The first-order chi connectivity index (χ1) is 11.8. The smallest absolute Gasteiger partial charge is 0.165 e. The number of para-hydroxylation sites is 1. The number of benzene rings is 2. The minimum absolute atomic E-state index is 0.132. The molecule has 2 fully saturated rings. The highest BCUT2D eigenvalue weighted by atomic mass is 19.1. The Hall–Kier alpha value is -1.91. The lowest BCUT2D eigenvalue weighted by molar-refractivity contribution is -0.0445. The minimum atomic E-state index is -0.326. The van der Waals surface area contributed by atoms with Crippen molar-refractivity contribution in [1.82, 2.24) is 5.32 Å². The summed E-state index contributed by atoms with van der Waals surface area (Å²) in [5.74, 6) is 0.532. The number of nitrogens with one attached hydrogen (secondary N) is 1. The maximum Gasteiger partial charge on any atom is 0.165 e. The minimum Gasteiger partial charge on any atom is -0.480 e. The van der Waals surface area contributed by atoms with Crippen molar-refractivity contribution in [1.29, 1.82) is 0 Å². The summed E-state index contributed by atoms with van der Waals surface area (Å²) in [5, 5.41) is 3.34. The molecule has 126 valence electrons. The number of ether oxygens (including phenoxy) is 2. The van der Waals surface area contributed by atoms with Crippen molar-refractivity contribution in [3.05, 3.63) is 65.5 Å². The molecular weight excluding hydrogens is 305 g/mol. The van der Waals surface area contributed by atoms with E-state index in [9.17, 15) is 4.39 Å². The maximum atomic E-state index is 14.5. The Bertz CT molecular complexity index is 681. The lowest BCUT2D eigenvalue weighted by Gasteiger charge is -2.32. The molecule has 1 aliphatic heterocycles. The van der Waals surface area contributed by atoms with Gasteiger partial charge in [-0.2, -0.15) is 0 Å². The predicted octanol–water partition coefficient (Wildman–Crippen LogP) is 3.81. The van der Waals surface area contributed by atoms with Crippen molar-refractivity contribution in [2.24, 2.45) is 0 Å². The molecule has 0 amide bonds. The fraction of sp³-hybridized carbons (Fsp3) is 0.400. The van der Waals surface area contributed by atoms with Crippen molar-refractivity contribution in [3.63, 3.8) is 0 Å². The van der Waals surface area contributed by atoms with Crippen molar-refractivity contribution in [2.45, 2.75) is 31.0 Å². The third-order valence-electron chi connectivity index (χ3n) is 4.68. The van der Waals surface area contributed by atoms with Gasteiger partial charge in [0.15, 0.2) is 17.7 Å². The van der Waals surface area contributed by atoms with E-state index in [1.807, 2.05) is 36.4 Å². The van der Waals surface area contributed by atoms with E-state index >= 15 is 0 Å². The molecule has 2 atom stereocenters. The second kappa shape index (κ2) is 6.91. The van der Waals surface area contributed by atoms with Gasteiger partial charge in [-0.25, -0.2) is 4.39 Å². The van der Waals surface area contributed by atoms with Crippen LogP contribution in [0.25, 0.3) is 0 Å². The van der Waals surface area contributed by atoms with Gasteiger partial charge in [-0.15, -0.1) is 0 Å². The largest absolute Gasteiger partial charge is 0.480 e. The lowest BCUT2D eigenvalue weighted by atomic mass is 10.0. The van der Waals surface area contributed by atoms with Crippen LogP contribution in [0.5, 0.6) is 5.75 Å². The summed E-state index contributed by atoms with van der Waals surface area (Å²) < 4.78 is 26.7. The first kappa shape index (κ1) is 15.6. The topological polar surface area (TPSA) is 30.5 Å².